The molecule has 4 rings (SSSR count). The first kappa shape index (κ1) is 23.6. The zero-order chi connectivity index (χ0) is 25.1. The Kier molecular flexibility index (Phi) is 6.55. The first-order chi connectivity index (χ1) is 16.9. The molecule has 35 heavy (non-hydrogen) atoms. The summed E-state index contributed by atoms with van der Waals surface area (Å²) < 4.78 is 22.6. The van der Waals surface area contributed by atoms with Crippen molar-refractivity contribution in [3.8, 4) is 51.6 Å². The molecular formula is C27H25NO7. The molecule has 0 bridgehead atoms. The lowest BCUT2D eigenvalue weighted by Gasteiger charge is -2.15. The average Bonchev–Trinajstić information content (AvgIpc) is 3.17. The molecule has 8 heteroatoms. The van der Waals surface area contributed by atoms with Crippen molar-refractivity contribution in [3.63, 3.8) is 0 Å². The number of methoxy groups -OCH3 is 4. The van der Waals surface area contributed by atoms with Gasteiger partial charge in [-0.3, -0.25) is 9.36 Å². The number of nitrogens with zero attached hydrogens (tertiary/aromatic N) is 1. The van der Waals surface area contributed by atoms with Crippen LogP contribution >= 0.6 is 0 Å². The van der Waals surface area contributed by atoms with Gasteiger partial charge >= 0.3 is 0 Å². The molecule has 0 saturated heterocycles. The fourth-order valence-corrected chi connectivity index (χ4v) is 3.89. The highest BCUT2D eigenvalue weighted by Gasteiger charge is 2.30. The molecule has 1 heterocycles. The SMILES string of the molecule is COc1ccc(C(=O)c2c(O)c(O)n(-c3ccc(OC)cc3)c2-c2ccc(OC)c(OC)c2)cc1. The number of hydrogen-bond donors (Lipinski definition) is 2. The van der Waals surface area contributed by atoms with Crippen molar-refractivity contribution >= 4 is 5.78 Å². The van der Waals surface area contributed by atoms with E-state index in [0.29, 0.717) is 39.8 Å². The zero-order valence-electron chi connectivity index (χ0n) is 19.7. The van der Waals surface area contributed by atoms with E-state index in [0.717, 1.165) is 0 Å². The van der Waals surface area contributed by atoms with Crippen molar-refractivity contribution in [3.05, 3.63) is 77.9 Å². The second-order valence-electron chi connectivity index (χ2n) is 7.56. The Bertz CT molecular complexity index is 1360. The topological polar surface area (TPSA) is 99.4 Å². The normalized spacial score (nSPS) is 10.6. The third kappa shape index (κ3) is 4.21. The van der Waals surface area contributed by atoms with Gasteiger partial charge in [0, 0.05) is 16.8 Å². The molecule has 0 aliphatic rings. The number of aromatic hydroxyl groups is 2. The highest BCUT2D eigenvalue weighted by atomic mass is 16.5. The first-order valence-electron chi connectivity index (χ1n) is 10.7. The van der Waals surface area contributed by atoms with Gasteiger partial charge < -0.3 is 29.2 Å². The minimum absolute atomic E-state index is 0.0595. The van der Waals surface area contributed by atoms with Crippen LogP contribution in [0, 0.1) is 0 Å². The van der Waals surface area contributed by atoms with Crippen molar-refractivity contribution < 1.29 is 34.0 Å². The van der Waals surface area contributed by atoms with E-state index >= 15 is 0 Å². The number of aromatic nitrogens is 1. The van der Waals surface area contributed by atoms with Crippen LogP contribution < -0.4 is 18.9 Å². The van der Waals surface area contributed by atoms with Crippen LogP contribution in [0.5, 0.6) is 34.6 Å². The van der Waals surface area contributed by atoms with Gasteiger partial charge in [-0.25, -0.2) is 0 Å². The van der Waals surface area contributed by atoms with Gasteiger partial charge in [-0.2, -0.15) is 0 Å². The van der Waals surface area contributed by atoms with Crippen LogP contribution in [-0.2, 0) is 0 Å². The summed E-state index contributed by atoms with van der Waals surface area (Å²) in [6, 6.07) is 18.5. The van der Waals surface area contributed by atoms with Gasteiger partial charge in [0.2, 0.25) is 5.88 Å². The Labute approximate surface area is 202 Å². The molecule has 0 amide bonds. The Morgan fingerprint density at radius 2 is 1.29 bits per heavy atom. The van der Waals surface area contributed by atoms with Gasteiger partial charge in [-0.15, -0.1) is 0 Å². The molecule has 180 valence electrons. The molecule has 0 spiro atoms. The number of rotatable bonds is 8. The van der Waals surface area contributed by atoms with Gasteiger partial charge in [-0.1, -0.05) is 0 Å². The van der Waals surface area contributed by atoms with Crippen molar-refractivity contribution in [2.75, 3.05) is 28.4 Å². The third-order valence-electron chi connectivity index (χ3n) is 5.69. The molecular weight excluding hydrogens is 450 g/mol. The maximum Gasteiger partial charge on any atom is 0.240 e. The van der Waals surface area contributed by atoms with Crippen LogP contribution in [0.1, 0.15) is 15.9 Å². The maximum absolute atomic E-state index is 13.6. The minimum atomic E-state index is -0.536. The summed E-state index contributed by atoms with van der Waals surface area (Å²) in [5, 5.41) is 22.0. The van der Waals surface area contributed by atoms with Gasteiger partial charge in [0.1, 0.15) is 11.5 Å². The van der Waals surface area contributed by atoms with E-state index in [1.165, 1.54) is 25.9 Å². The van der Waals surface area contributed by atoms with Crippen molar-refractivity contribution in [1.29, 1.82) is 0 Å². The van der Waals surface area contributed by atoms with E-state index in [1.807, 2.05) is 0 Å². The van der Waals surface area contributed by atoms with Crippen molar-refractivity contribution in [2.24, 2.45) is 0 Å². The fraction of sp³-hybridized carbons (Fsp3) is 0.148. The summed E-state index contributed by atoms with van der Waals surface area (Å²) in [5.41, 5.74) is 1.57. The third-order valence-corrected chi connectivity index (χ3v) is 5.69. The van der Waals surface area contributed by atoms with Crippen LogP contribution in [-0.4, -0.2) is 49.0 Å². The van der Waals surface area contributed by atoms with Crippen LogP contribution in [0.15, 0.2) is 66.7 Å². The molecule has 0 aliphatic carbocycles. The zero-order valence-corrected chi connectivity index (χ0v) is 19.7. The first-order valence-corrected chi connectivity index (χ1v) is 10.7. The highest BCUT2D eigenvalue weighted by molar-refractivity contribution is 6.15. The number of hydrogen-bond acceptors (Lipinski definition) is 7. The van der Waals surface area contributed by atoms with Crippen molar-refractivity contribution in [1.82, 2.24) is 4.57 Å². The van der Waals surface area contributed by atoms with Gasteiger partial charge in [0.05, 0.1) is 39.7 Å². The lowest BCUT2D eigenvalue weighted by atomic mass is 9.98. The van der Waals surface area contributed by atoms with Crippen LogP contribution in [0.2, 0.25) is 0 Å². The molecule has 0 aliphatic heterocycles. The Balaban J connectivity index is 1.99. The van der Waals surface area contributed by atoms with Crippen LogP contribution in [0.4, 0.5) is 0 Å². The number of ketones is 1. The lowest BCUT2D eigenvalue weighted by Crippen LogP contribution is -2.05. The summed E-state index contributed by atoms with van der Waals surface area (Å²) >= 11 is 0. The molecule has 0 radical (unpaired) electrons. The second-order valence-corrected chi connectivity index (χ2v) is 7.56. The molecule has 3 aromatic carbocycles. The number of ether oxygens (including phenoxy) is 4. The number of benzene rings is 3. The Morgan fingerprint density at radius 3 is 1.83 bits per heavy atom. The lowest BCUT2D eigenvalue weighted by molar-refractivity contribution is 0.103. The quantitative estimate of drug-likeness (QED) is 0.353. The molecule has 1 aromatic heterocycles. The summed E-state index contributed by atoms with van der Waals surface area (Å²) in [5.74, 6) is 0.640. The summed E-state index contributed by atoms with van der Waals surface area (Å²) in [7, 11) is 6.11. The van der Waals surface area contributed by atoms with Gasteiger partial charge in [0.15, 0.2) is 23.0 Å². The second kappa shape index (κ2) is 9.72. The standard InChI is InChI=1S/C27H25NO7/c1-32-19-10-5-16(6-11-19)25(29)23-24(17-7-14-21(34-3)22(15-17)35-4)28(27(31)26(23)30)18-8-12-20(33-2)13-9-18/h5-15,30-31H,1-4H3. The number of carbonyl (C=O) groups excluding carboxylic acids is 1. The van der Waals surface area contributed by atoms with Gasteiger partial charge in [-0.05, 0) is 66.7 Å². The molecule has 0 atom stereocenters. The van der Waals surface area contributed by atoms with E-state index in [1.54, 1.807) is 73.8 Å². The Hall–Kier alpha value is -4.59. The summed E-state index contributed by atoms with van der Waals surface area (Å²) in [6.07, 6.45) is 0. The minimum Gasteiger partial charge on any atom is -0.503 e. The van der Waals surface area contributed by atoms with Crippen LogP contribution in [0.3, 0.4) is 0 Å². The Morgan fingerprint density at radius 1 is 0.714 bits per heavy atom. The molecule has 8 nitrogen and oxygen atoms in total. The van der Waals surface area contributed by atoms with Crippen LogP contribution in [0.25, 0.3) is 16.9 Å². The molecule has 4 aromatic rings. The average molecular weight is 475 g/mol. The molecule has 2 N–H and O–H groups in total. The smallest absolute Gasteiger partial charge is 0.240 e. The van der Waals surface area contributed by atoms with E-state index in [2.05, 4.69) is 0 Å². The molecule has 0 unspecified atom stereocenters. The maximum atomic E-state index is 13.6. The fourth-order valence-electron chi connectivity index (χ4n) is 3.89. The predicted octanol–water partition coefficient (Wildman–Crippen LogP) is 4.82. The van der Waals surface area contributed by atoms with Gasteiger partial charge in [0.25, 0.3) is 0 Å². The monoisotopic (exact) mass is 475 g/mol. The summed E-state index contributed by atoms with van der Waals surface area (Å²) in [4.78, 5) is 13.6. The molecule has 0 saturated carbocycles. The van der Waals surface area contributed by atoms with Crippen molar-refractivity contribution in [2.45, 2.75) is 0 Å². The largest absolute Gasteiger partial charge is 0.503 e. The predicted molar refractivity (Wildman–Crippen MR) is 131 cm³/mol. The number of carbonyl (C=O) groups is 1. The van der Waals surface area contributed by atoms with E-state index in [-0.39, 0.29) is 11.3 Å². The van der Waals surface area contributed by atoms with E-state index in [4.69, 9.17) is 18.9 Å². The van der Waals surface area contributed by atoms with E-state index in [9.17, 15) is 15.0 Å². The van der Waals surface area contributed by atoms with E-state index < -0.39 is 17.4 Å². The highest BCUT2D eigenvalue weighted by Crippen LogP contribution is 2.45. The summed E-state index contributed by atoms with van der Waals surface area (Å²) in [6.45, 7) is 0. The molecule has 0 fully saturated rings.